The normalized spacial score (nSPS) is 16.0. The van der Waals surface area contributed by atoms with E-state index >= 15 is 0 Å². The predicted molar refractivity (Wildman–Crippen MR) is 105 cm³/mol. The number of aliphatic imine (C=N–C) groups is 1. The van der Waals surface area contributed by atoms with E-state index in [1.807, 2.05) is 6.07 Å². The van der Waals surface area contributed by atoms with Gasteiger partial charge in [-0.05, 0) is 42.9 Å². The lowest BCUT2D eigenvalue weighted by atomic mass is 9.67. The average molecular weight is 433 g/mol. The number of aromatic hydroxyl groups is 1. The summed E-state index contributed by atoms with van der Waals surface area (Å²) in [6, 6.07) is 5.22. The van der Waals surface area contributed by atoms with Gasteiger partial charge < -0.3 is 20.5 Å². The van der Waals surface area contributed by atoms with E-state index in [1.165, 1.54) is 25.7 Å². The number of hydrogen-bond donors (Lipinski definition) is 3. The molecule has 1 saturated carbocycles. The molecule has 1 aromatic carbocycles. The zero-order chi connectivity index (χ0) is 16.0. The first-order valence-electron chi connectivity index (χ1n) is 7.93. The monoisotopic (exact) mass is 433 g/mol. The summed E-state index contributed by atoms with van der Waals surface area (Å²) in [6.45, 7) is 3.71. The lowest BCUT2D eigenvalue weighted by molar-refractivity contribution is 0.131. The first-order valence-corrected chi connectivity index (χ1v) is 7.93. The van der Waals surface area contributed by atoms with Crippen LogP contribution in [0.5, 0.6) is 11.5 Å². The predicted octanol–water partition coefficient (Wildman–Crippen LogP) is 3.26. The molecule has 0 saturated heterocycles. The van der Waals surface area contributed by atoms with Gasteiger partial charge >= 0.3 is 0 Å². The summed E-state index contributed by atoms with van der Waals surface area (Å²) >= 11 is 0. The second-order valence-corrected chi connectivity index (χ2v) is 5.98. The van der Waals surface area contributed by atoms with Crippen molar-refractivity contribution in [3.63, 3.8) is 0 Å². The maximum atomic E-state index is 9.90. The number of rotatable bonds is 6. The van der Waals surface area contributed by atoms with Crippen LogP contribution in [0.2, 0.25) is 0 Å². The lowest BCUT2D eigenvalue weighted by Gasteiger charge is -2.41. The Labute approximate surface area is 155 Å². The van der Waals surface area contributed by atoms with E-state index in [2.05, 4.69) is 22.5 Å². The number of guanidine groups is 1. The van der Waals surface area contributed by atoms with Crippen molar-refractivity contribution in [1.82, 2.24) is 10.6 Å². The van der Waals surface area contributed by atoms with Crippen molar-refractivity contribution in [3.8, 4) is 11.5 Å². The number of nitrogens with one attached hydrogen (secondary N) is 2. The lowest BCUT2D eigenvalue weighted by Crippen LogP contribution is -2.46. The molecule has 23 heavy (non-hydrogen) atoms. The topological polar surface area (TPSA) is 65.9 Å². The zero-order valence-electron chi connectivity index (χ0n) is 14.2. The Hall–Kier alpha value is -1.18. The van der Waals surface area contributed by atoms with E-state index in [-0.39, 0.29) is 29.7 Å². The molecule has 0 unspecified atom stereocenters. The van der Waals surface area contributed by atoms with Crippen LogP contribution in [-0.4, -0.2) is 31.8 Å². The van der Waals surface area contributed by atoms with Crippen LogP contribution in [0, 0.1) is 5.41 Å². The summed E-state index contributed by atoms with van der Waals surface area (Å²) in [5.74, 6) is 1.76. The second-order valence-electron chi connectivity index (χ2n) is 5.98. The molecule has 0 atom stereocenters. The second kappa shape index (κ2) is 9.20. The van der Waals surface area contributed by atoms with E-state index in [4.69, 9.17) is 4.74 Å². The molecule has 2 rings (SSSR count). The molecule has 0 bridgehead atoms. The number of halogens is 1. The van der Waals surface area contributed by atoms with Crippen LogP contribution in [0.25, 0.3) is 0 Å². The molecule has 1 aliphatic carbocycles. The van der Waals surface area contributed by atoms with Crippen molar-refractivity contribution in [1.29, 1.82) is 0 Å². The fraction of sp³-hybridized carbons (Fsp3) is 0.588. The van der Waals surface area contributed by atoms with Crippen molar-refractivity contribution in [2.75, 3.05) is 20.7 Å². The Morgan fingerprint density at radius 1 is 1.35 bits per heavy atom. The molecule has 0 spiro atoms. The molecular formula is C17H28IN3O2. The van der Waals surface area contributed by atoms with Crippen molar-refractivity contribution in [3.05, 3.63) is 23.8 Å². The number of phenolic OH excluding ortho intramolecular Hbond substituents is 1. The van der Waals surface area contributed by atoms with E-state index in [0.717, 1.165) is 23.8 Å². The number of phenols is 1. The maximum absolute atomic E-state index is 9.90. The minimum Gasteiger partial charge on any atom is -0.508 e. The van der Waals surface area contributed by atoms with Gasteiger partial charge in [0, 0.05) is 25.7 Å². The van der Waals surface area contributed by atoms with E-state index < -0.39 is 0 Å². The van der Waals surface area contributed by atoms with E-state index in [1.54, 1.807) is 26.3 Å². The number of methoxy groups -OCH3 is 1. The average Bonchev–Trinajstić information content (AvgIpc) is 2.51. The molecule has 0 heterocycles. The molecule has 0 amide bonds. The third kappa shape index (κ3) is 5.16. The number of ether oxygens (including phenoxy) is 1. The molecule has 130 valence electrons. The van der Waals surface area contributed by atoms with Gasteiger partial charge in [-0.3, -0.25) is 4.99 Å². The van der Waals surface area contributed by atoms with E-state index in [9.17, 15) is 5.11 Å². The Bertz CT molecular complexity index is 525. The Morgan fingerprint density at radius 3 is 2.61 bits per heavy atom. The molecule has 1 fully saturated rings. The van der Waals surface area contributed by atoms with Gasteiger partial charge in [0.25, 0.3) is 0 Å². The van der Waals surface area contributed by atoms with Crippen LogP contribution < -0.4 is 15.4 Å². The SMILES string of the molecule is CCC1(CNC(=NC)NCc2cc(OC)ccc2O)CCC1.I. The minimum absolute atomic E-state index is 0. The Kier molecular flexibility index (Phi) is 7.94. The first kappa shape index (κ1) is 19.9. The maximum Gasteiger partial charge on any atom is 0.191 e. The highest BCUT2D eigenvalue weighted by atomic mass is 127. The van der Waals surface area contributed by atoms with Gasteiger partial charge in [0.2, 0.25) is 0 Å². The van der Waals surface area contributed by atoms with Gasteiger partial charge in [-0.1, -0.05) is 13.3 Å². The van der Waals surface area contributed by atoms with Gasteiger partial charge in [0.1, 0.15) is 11.5 Å². The molecule has 0 radical (unpaired) electrons. The number of benzene rings is 1. The van der Waals surface area contributed by atoms with Gasteiger partial charge in [-0.25, -0.2) is 0 Å². The number of nitrogens with zero attached hydrogens (tertiary/aromatic N) is 1. The highest BCUT2D eigenvalue weighted by Crippen LogP contribution is 2.42. The van der Waals surface area contributed by atoms with Gasteiger partial charge in [0.15, 0.2) is 5.96 Å². The quantitative estimate of drug-likeness (QED) is 0.366. The molecule has 1 aromatic rings. The van der Waals surface area contributed by atoms with Crippen LogP contribution in [-0.2, 0) is 6.54 Å². The van der Waals surface area contributed by atoms with Crippen molar-refractivity contribution < 1.29 is 9.84 Å². The molecule has 0 aromatic heterocycles. The summed E-state index contributed by atoms with van der Waals surface area (Å²) in [4.78, 5) is 4.25. The number of hydrogen-bond acceptors (Lipinski definition) is 3. The highest BCUT2D eigenvalue weighted by molar-refractivity contribution is 14.0. The van der Waals surface area contributed by atoms with Crippen molar-refractivity contribution >= 4 is 29.9 Å². The largest absolute Gasteiger partial charge is 0.508 e. The van der Waals surface area contributed by atoms with Gasteiger partial charge in [-0.2, -0.15) is 0 Å². The van der Waals surface area contributed by atoms with Crippen LogP contribution in [0.15, 0.2) is 23.2 Å². The Morgan fingerprint density at radius 2 is 2.09 bits per heavy atom. The molecule has 0 aliphatic heterocycles. The van der Waals surface area contributed by atoms with Gasteiger partial charge in [-0.15, -0.1) is 24.0 Å². The molecular weight excluding hydrogens is 405 g/mol. The Balaban J connectivity index is 0.00000264. The van der Waals surface area contributed by atoms with Crippen LogP contribution >= 0.6 is 24.0 Å². The van der Waals surface area contributed by atoms with Crippen LogP contribution in [0.4, 0.5) is 0 Å². The fourth-order valence-corrected chi connectivity index (χ4v) is 2.83. The standard InChI is InChI=1S/C17H27N3O2.HI/c1-4-17(8-5-9-17)12-20-16(18-2)19-11-13-10-14(22-3)6-7-15(13)21;/h6-7,10,21H,4-5,8-9,11-12H2,1-3H3,(H2,18,19,20);1H. The summed E-state index contributed by atoms with van der Waals surface area (Å²) in [5, 5.41) is 16.6. The van der Waals surface area contributed by atoms with Crippen molar-refractivity contribution in [2.45, 2.75) is 39.2 Å². The summed E-state index contributed by atoms with van der Waals surface area (Å²) < 4.78 is 5.19. The third-order valence-corrected chi connectivity index (χ3v) is 4.75. The van der Waals surface area contributed by atoms with E-state index in [0.29, 0.717) is 12.0 Å². The third-order valence-electron chi connectivity index (χ3n) is 4.75. The van der Waals surface area contributed by atoms with Crippen molar-refractivity contribution in [2.24, 2.45) is 10.4 Å². The molecule has 3 N–H and O–H groups in total. The molecule has 1 aliphatic rings. The zero-order valence-corrected chi connectivity index (χ0v) is 16.5. The molecule has 6 heteroatoms. The van der Waals surface area contributed by atoms with Crippen LogP contribution in [0.1, 0.15) is 38.2 Å². The summed E-state index contributed by atoms with van der Waals surface area (Å²) in [5.41, 5.74) is 1.23. The highest BCUT2D eigenvalue weighted by Gasteiger charge is 2.34. The van der Waals surface area contributed by atoms with Crippen LogP contribution in [0.3, 0.4) is 0 Å². The fourth-order valence-electron chi connectivity index (χ4n) is 2.83. The summed E-state index contributed by atoms with van der Waals surface area (Å²) in [6.07, 6.45) is 5.13. The summed E-state index contributed by atoms with van der Waals surface area (Å²) in [7, 11) is 3.38. The van der Waals surface area contributed by atoms with Gasteiger partial charge in [0.05, 0.1) is 7.11 Å². The minimum atomic E-state index is 0. The molecule has 5 nitrogen and oxygen atoms in total. The first-order chi connectivity index (χ1) is 10.6. The smallest absolute Gasteiger partial charge is 0.191 e.